The van der Waals surface area contributed by atoms with Gasteiger partial charge in [0.15, 0.2) is 0 Å². The van der Waals surface area contributed by atoms with Gasteiger partial charge in [0.25, 0.3) is 0 Å². The number of ether oxygens (including phenoxy) is 2. The molecule has 0 aliphatic rings. The van der Waals surface area contributed by atoms with Crippen molar-refractivity contribution in [2.24, 2.45) is 0 Å². The molecular weight excluding hydrogens is 445 g/mol. The van der Waals surface area contributed by atoms with Crippen LogP contribution < -0.4 is 4.74 Å². The molecule has 0 unspecified atom stereocenters. The first kappa shape index (κ1) is 25.3. The lowest BCUT2D eigenvalue weighted by Crippen LogP contribution is -2.15. The van der Waals surface area contributed by atoms with Crippen LogP contribution in [0.4, 0.5) is 13.2 Å². The molecule has 182 valence electrons. The number of aromatic nitrogens is 2. The van der Waals surface area contributed by atoms with E-state index in [0.717, 1.165) is 24.6 Å². The Morgan fingerprint density at radius 3 is 2.47 bits per heavy atom. The Labute approximate surface area is 197 Å². The number of nitrogens with zero attached hydrogens (tertiary/aromatic N) is 2. The molecule has 0 fully saturated rings. The smallest absolute Gasteiger partial charge is 0.433 e. The minimum atomic E-state index is -4.54. The van der Waals surface area contributed by atoms with Crippen molar-refractivity contribution >= 4 is 5.97 Å². The Morgan fingerprint density at radius 1 is 1.03 bits per heavy atom. The molecule has 2 aromatic carbocycles. The molecule has 0 aliphatic carbocycles. The molecule has 0 saturated carbocycles. The zero-order valence-corrected chi connectivity index (χ0v) is 19.4. The predicted molar refractivity (Wildman–Crippen MR) is 124 cm³/mol. The van der Waals surface area contributed by atoms with Gasteiger partial charge in [-0.25, -0.2) is 4.98 Å². The zero-order chi connectivity index (χ0) is 24.6. The van der Waals surface area contributed by atoms with Crippen molar-refractivity contribution in [2.75, 3.05) is 13.2 Å². The maximum absolute atomic E-state index is 13.7. The number of imidazole rings is 1. The lowest BCUT2D eigenvalue weighted by molar-refractivity contribution is -0.144. The van der Waals surface area contributed by atoms with Crippen LogP contribution in [0, 0.1) is 6.92 Å². The normalized spacial score (nSPS) is 11.4. The minimum absolute atomic E-state index is 0.0307. The topological polar surface area (TPSA) is 53.4 Å². The maximum atomic E-state index is 13.7. The zero-order valence-electron chi connectivity index (χ0n) is 19.4. The van der Waals surface area contributed by atoms with Crippen molar-refractivity contribution < 1.29 is 27.4 Å². The molecule has 0 amide bonds. The second kappa shape index (κ2) is 11.7. The number of carbonyl (C=O) groups is 1. The summed E-state index contributed by atoms with van der Waals surface area (Å²) in [6.07, 6.45) is -1.08. The first-order valence-corrected chi connectivity index (χ1v) is 11.4. The second-order valence-electron chi connectivity index (χ2n) is 7.99. The largest absolute Gasteiger partial charge is 0.493 e. The van der Waals surface area contributed by atoms with Crippen molar-refractivity contribution in [3.63, 3.8) is 0 Å². The van der Waals surface area contributed by atoms with Gasteiger partial charge in [0, 0.05) is 17.5 Å². The molecule has 0 bridgehead atoms. The molecule has 1 heterocycles. The molecule has 1 aromatic heterocycles. The second-order valence-corrected chi connectivity index (χ2v) is 7.99. The first-order chi connectivity index (χ1) is 16.3. The van der Waals surface area contributed by atoms with Gasteiger partial charge in [-0.1, -0.05) is 48.0 Å². The molecule has 0 N–H and O–H groups in total. The maximum Gasteiger partial charge on any atom is 0.433 e. The predicted octanol–water partition coefficient (Wildman–Crippen LogP) is 6.43. The molecule has 3 aromatic rings. The Balaban J connectivity index is 1.73. The van der Waals surface area contributed by atoms with Gasteiger partial charge in [0.05, 0.1) is 26.0 Å². The Kier molecular flexibility index (Phi) is 8.73. The van der Waals surface area contributed by atoms with Crippen LogP contribution >= 0.6 is 0 Å². The van der Waals surface area contributed by atoms with Gasteiger partial charge in [-0.05, 0) is 39.2 Å². The fourth-order valence-electron chi connectivity index (χ4n) is 3.60. The van der Waals surface area contributed by atoms with Gasteiger partial charge in [-0.2, -0.15) is 13.2 Å². The first-order valence-electron chi connectivity index (χ1n) is 11.4. The molecule has 0 atom stereocenters. The molecule has 0 spiro atoms. The number of esters is 1. The van der Waals surface area contributed by atoms with Crippen LogP contribution in [0.5, 0.6) is 5.75 Å². The highest BCUT2D eigenvalue weighted by Gasteiger charge is 2.36. The number of benzene rings is 2. The van der Waals surface area contributed by atoms with Crippen LogP contribution in [0.25, 0.3) is 11.4 Å². The average Bonchev–Trinajstić information content (AvgIpc) is 3.22. The van der Waals surface area contributed by atoms with E-state index in [1.165, 1.54) is 4.57 Å². The van der Waals surface area contributed by atoms with Gasteiger partial charge >= 0.3 is 12.1 Å². The molecule has 5 nitrogen and oxygen atoms in total. The van der Waals surface area contributed by atoms with Gasteiger partial charge in [0.1, 0.15) is 17.3 Å². The summed E-state index contributed by atoms with van der Waals surface area (Å²) >= 11 is 0. The number of alkyl halides is 3. The third kappa shape index (κ3) is 6.85. The molecule has 3 rings (SSSR count). The van der Waals surface area contributed by atoms with E-state index in [2.05, 4.69) is 4.98 Å². The minimum Gasteiger partial charge on any atom is -0.493 e. The van der Waals surface area contributed by atoms with Crippen molar-refractivity contribution in [1.29, 1.82) is 0 Å². The van der Waals surface area contributed by atoms with Crippen LogP contribution in [0.15, 0.2) is 54.7 Å². The summed E-state index contributed by atoms with van der Waals surface area (Å²) in [5, 5.41) is 0. The van der Waals surface area contributed by atoms with E-state index in [-0.39, 0.29) is 18.3 Å². The molecule has 0 saturated heterocycles. The molecule has 34 heavy (non-hydrogen) atoms. The third-order valence-electron chi connectivity index (χ3n) is 5.34. The highest BCUT2D eigenvalue weighted by atomic mass is 19.4. The van der Waals surface area contributed by atoms with Crippen molar-refractivity contribution in [2.45, 2.75) is 52.3 Å². The lowest BCUT2D eigenvalue weighted by atomic mass is 10.1. The van der Waals surface area contributed by atoms with E-state index in [4.69, 9.17) is 9.47 Å². The molecular formula is C26H29F3N2O3. The third-order valence-corrected chi connectivity index (χ3v) is 5.34. The van der Waals surface area contributed by atoms with Crippen molar-refractivity contribution in [3.05, 3.63) is 71.5 Å². The number of carbonyl (C=O) groups excluding carboxylic acids is 1. The fourth-order valence-corrected chi connectivity index (χ4v) is 3.60. The number of para-hydroxylation sites is 1. The Hall–Kier alpha value is -3.29. The van der Waals surface area contributed by atoms with Crippen molar-refractivity contribution in [1.82, 2.24) is 9.55 Å². The monoisotopic (exact) mass is 474 g/mol. The number of hydrogen-bond donors (Lipinski definition) is 0. The van der Waals surface area contributed by atoms with Gasteiger partial charge in [-0.15, -0.1) is 0 Å². The van der Waals surface area contributed by atoms with E-state index in [1.807, 2.05) is 19.1 Å². The highest BCUT2D eigenvalue weighted by Crippen LogP contribution is 2.34. The number of unbranched alkanes of at least 4 members (excludes halogenated alkanes) is 2. The van der Waals surface area contributed by atoms with E-state index >= 15 is 0 Å². The quantitative estimate of drug-likeness (QED) is 0.237. The van der Waals surface area contributed by atoms with Crippen LogP contribution in [-0.2, 0) is 22.3 Å². The summed E-state index contributed by atoms with van der Waals surface area (Å²) in [5.41, 5.74) is 1.45. The summed E-state index contributed by atoms with van der Waals surface area (Å²) in [7, 11) is 0. The summed E-state index contributed by atoms with van der Waals surface area (Å²) in [6.45, 7) is 4.44. The van der Waals surface area contributed by atoms with Crippen LogP contribution in [-0.4, -0.2) is 28.7 Å². The summed E-state index contributed by atoms with van der Waals surface area (Å²) < 4.78 is 53.2. The fraction of sp³-hybridized carbons (Fsp3) is 0.385. The van der Waals surface area contributed by atoms with Gasteiger partial charge < -0.3 is 14.0 Å². The summed E-state index contributed by atoms with van der Waals surface area (Å²) in [4.78, 5) is 15.5. The highest BCUT2D eigenvalue weighted by molar-refractivity contribution is 5.69. The lowest BCUT2D eigenvalue weighted by Gasteiger charge is -2.17. The SMILES string of the molecule is CCOC(=O)CCCCCOc1ccccc1Cn1c(C(F)(F)F)cnc1-c1ccc(C)cc1. The van der Waals surface area contributed by atoms with Crippen LogP contribution in [0.1, 0.15) is 49.4 Å². The Bertz CT molecular complexity index is 1080. The van der Waals surface area contributed by atoms with E-state index in [9.17, 15) is 18.0 Å². The number of halogens is 3. The number of rotatable bonds is 11. The molecule has 0 aliphatic heterocycles. The summed E-state index contributed by atoms with van der Waals surface area (Å²) in [5.74, 6) is 0.574. The van der Waals surface area contributed by atoms with E-state index < -0.39 is 11.9 Å². The molecule has 0 radical (unpaired) electrons. The van der Waals surface area contributed by atoms with Crippen LogP contribution in [0.3, 0.4) is 0 Å². The van der Waals surface area contributed by atoms with E-state index in [1.54, 1.807) is 43.3 Å². The van der Waals surface area contributed by atoms with E-state index in [0.29, 0.717) is 42.9 Å². The average molecular weight is 475 g/mol. The number of aryl methyl sites for hydroxylation is 1. The standard InChI is InChI=1S/C26H29F3N2O3/c1-3-33-24(32)11-5-4-8-16-34-22-10-7-6-9-21(22)18-31-23(26(27,28)29)17-30-25(31)20-14-12-19(2)13-15-20/h6-7,9-10,12-15,17H,3-5,8,11,16,18H2,1-2H3. The Morgan fingerprint density at radius 2 is 1.76 bits per heavy atom. The van der Waals surface area contributed by atoms with Crippen molar-refractivity contribution in [3.8, 4) is 17.1 Å². The number of hydrogen-bond acceptors (Lipinski definition) is 4. The molecule has 8 heteroatoms. The van der Waals surface area contributed by atoms with Gasteiger partial charge in [-0.3, -0.25) is 4.79 Å². The summed E-state index contributed by atoms with van der Waals surface area (Å²) in [6, 6.07) is 14.3. The van der Waals surface area contributed by atoms with Gasteiger partial charge in [0.2, 0.25) is 0 Å². The van der Waals surface area contributed by atoms with Crippen LogP contribution in [0.2, 0.25) is 0 Å².